The van der Waals surface area contributed by atoms with Crippen molar-refractivity contribution in [3.63, 3.8) is 0 Å². The van der Waals surface area contributed by atoms with E-state index in [0.29, 0.717) is 33.2 Å². The van der Waals surface area contributed by atoms with Gasteiger partial charge in [-0.3, -0.25) is 9.52 Å². The molecule has 0 aliphatic carbocycles. The van der Waals surface area contributed by atoms with Crippen LogP contribution in [0.1, 0.15) is 12.8 Å². The Morgan fingerprint density at radius 2 is 1.79 bits per heavy atom. The first-order chi connectivity index (χ1) is 18.3. The number of sulfonamides is 1. The Balaban J connectivity index is 1.47. The molecular formula is C26H25ClN6O4S. The average molecular weight is 553 g/mol. The number of rotatable bonds is 8. The third kappa shape index (κ3) is 5.64. The molecule has 38 heavy (non-hydrogen) atoms. The summed E-state index contributed by atoms with van der Waals surface area (Å²) in [6.45, 7) is 0.778. The minimum atomic E-state index is -4.11. The summed E-state index contributed by atoms with van der Waals surface area (Å²) < 4.78 is 34.7. The monoisotopic (exact) mass is 552 g/mol. The van der Waals surface area contributed by atoms with Crippen molar-refractivity contribution in [3.05, 3.63) is 71.8 Å². The van der Waals surface area contributed by atoms with Crippen LogP contribution in [0.3, 0.4) is 0 Å². The van der Waals surface area contributed by atoms with Crippen LogP contribution in [0.2, 0.25) is 5.02 Å². The highest BCUT2D eigenvalue weighted by Gasteiger charge is 2.23. The topological polar surface area (TPSA) is 134 Å². The molecule has 10 nitrogen and oxygen atoms in total. The first-order valence-electron chi connectivity index (χ1n) is 11.9. The highest BCUT2D eigenvalue weighted by atomic mass is 35.5. The quantitative estimate of drug-likeness (QED) is 0.250. The molecule has 196 valence electrons. The van der Waals surface area contributed by atoms with E-state index in [1.807, 2.05) is 6.07 Å². The molecule has 0 bridgehead atoms. The minimum absolute atomic E-state index is 0.0211. The summed E-state index contributed by atoms with van der Waals surface area (Å²) in [5, 5.41) is 9.37. The molecule has 1 amide bonds. The van der Waals surface area contributed by atoms with Crippen molar-refractivity contribution < 1.29 is 17.9 Å². The Kier molecular flexibility index (Phi) is 7.32. The van der Waals surface area contributed by atoms with Crippen molar-refractivity contribution in [1.82, 2.24) is 15.3 Å². The molecule has 1 unspecified atom stereocenters. The molecule has 1 atom stereocenters. The van der Waals surface area contributed by atoms with Gasteiger partial charge in [-0.2, -0.15) is 0 Å². The number of amides is 1. The van der Waals surface area contributed by atoms with Gasteiger partial charge >= 0.3 is 0 Å². The summed E-state index contributed by atoms with van der Waals surface area (Å²) in [5.41, 5.74) is 1.89. The number of benzene rings is 3. The van der Waals surface area contributed by atoms with E-state index < -0.39 is 10.0 Å². The molecule has 1 aromatic heterocycles. The smallest absolute Gasteiger partial charge is 0.263 e. The van der Waals surface area contributed by atoms with Crippen LogP contribution >= 0.6 is 11.6 Å². The highest BCUT2D eigenvalue weighted by molar-refractivity contribution is 7.92. The summed E-state index contributed by atoms with van der Waals surface area (Å²) in [6, 6.07) is 17.9. The van der Waals surface area contributed by atoms with Crippen LogP contribution in [0, 0.1) is 0 Å². The Bertz CT molecular complexity index is 1610. The maximum absolute atomic E-state index is 13.4. The lowest BCUT2D eigenvalue weighted by atomic mass is 10.2. The molecule has 4 aromatic rings. The van der Waals surface area contributed by atoms with Gasteiger partial charge in [0.05, 0.1) is 39.8 Å². The fourth-order valence-electron chi connectivity index (χ4n) is 4.08. The first kappa shape index (κ1) is 25.7. The Labute approximate surface area is 224 Å². The number of aromatic nitrogens is 2. The third-order valence-corrected chi connectivity index (χ3v) is 7.68. The van der Waals surface area contributed by atoms with E-state index in [-0.39, 0.29) is 28.5 Å². The van der Waals surface area contributed by atoms with Crippen molar-refractivity contribution in [3.8, 4) is 5.75 Å². The van der Waals surface area contributed by atoms with Crippen LogP contribution < -0.4 is 25.4 Å². The van der Waals surface area contributed by atoms with Crippen molar-refractivity contribution in [2.45, 2.75) is 23.8 Å². The summed E-state index contributed by atoms with van der Waals surface area (Å²) >= 11 is 6.36. The Hall–Kier alpha value is -3.93. The molecule has 1 fully saturated rings. The number of ether oxygens (including phenoxy) is 1. The summed E-state index contributed by atoms with van der Waals surface area (Å²) in [4.78, 5) is 21.5. The van der Waals surface area contributed by atoms with E-state index in [2.05, 4.69) is 30.6 Å². The van der Waals surface area contributed by atoms with Gasteiger partial charge in [-0.25, -0.2) is 18.4 Å². The largest absolute Gasteiger partial charge is 0.497 e. The number of hydrogen-bond donors (Lipinski definition) is 4. The number of anilines is 4. The normalized spacial score (nSPS) is 15.3. The molecule has 1 aliphatic heterocycles. The molecule has 0 spiro atoms. The zero-order valence-corrected chi connectivity index (χ0v) is 21.9. The summed E-state index contributed by atoms with van der Waals surface area (Å²) in [5.74, 6) is 0.484. The average Bonchev–Trinajstić information content (AvgIpc) is 3.46. The number of methoxy groups -OCH3 is 1. The van der Waals surface area contributed by atoms with Gasteiger partial charge in [0.1, 0.15) is 5.75 Å². The van der Waals surface area contributed by atoms with Gasteiger partial charge in [0, 0.05) is 11.8 Å². The number of para-hydroxylation sites is 2. The second-order valence-corrected chi connectivity index (χ2v) is 10.7. The zero-order valence-electron chi connectivity index (χ0n) is 20.4. The molecule has 0 saturated carbocycles. The van der Waals surface area contributed by atoms with Gasteiger partial charge in [0.25, 0.3) is 10.0 Å². The van der Waals surface area contributed by atoms with E-state index in [0.717, 1.165) is 19.4 Å². The second-order valence-electron chi connectivity index (χ2n) is 8.65. The van der Waals surface area contributed by atoms with Crippen LogP contribution in [0.4, 0.5) is 23.0 Å². The molecule has 2 heterocycles. The fraction of sp³-hybridized carbons (Fsp3) is 0.192. The number of carbonyl (C=O) groups is 1. The number of hydrogen-bond acceptors (Lipinski definition) is 8. The van der Waals surface area contributed by atoms with Crippen molar-refractivity contribution in [2.24, 2.45) is 0 Å². The molecule has 0 radical (unpaired) electrons. The van der Waals surface area contributed by atoms with Gasteiger partial charge in [-0.1, -0.05) is 29.8 Å². The van der Waals surface area contributed by atoms with Gasteiger partial charge in [-0.05, 0) is 61.9 Å². The predicted molar refractivity (Wildman–Crippen MR) is 148 cm³/mol. The minimum Gasteiger partial charge on any atom is -0.497 e. The van der Waals surface area contributed by atoms with E-state index in [4.69, 9.17) is 16.3 Å². The second kappa shape index (κ2) is 10.8. The number of nitrogens with one attached hydrogen (secondary N) is 4. The van der Waals surface area contributed by atoms with Gasteiger partial charge in [0.2, 0.25) is 5.91 Å². The number of halogens is 1. The first-order valence-corrected chi connectivity index (χ1v) is 13.7. The van der Waals surface area contributed by atoms with E-state index in [9.17, 15) is 13.2 Å². The highest BCUT2D eigenvalue weighted by Crippen LogP contribution is 2.33. The molecule has 12 heteroatoms. The van der Waals surface area contributed by atoms with Crippen molar-refractivity contribution >= 4 is 61.6 Å². The molecule has 3 aromatic carbocycles. The molecule has 4 N–H and O–H groups in total. The van der Waals surface area contributed by atoms with Gasteiger partial charge in [0.15, 0.2) is 11.6 Å². The lowest BCUT2D eigenvalue weighted by Crippen LogP contribution is -2.35. The summed E-state index contributed by atoms with van der Waals surface area (Å²) in [6.07, 6.45) is 1.65. The molecule has 1 aliphatic rings. The van der Waals surface area contributed by atoms with Crippen molar-refractivity contribution in [1.29, 1.82) is 0 Å². The standard InChI is InChI=1S/C26H25ClN6O4S/c1-37-17-11-12-19(27)23(15-17)32-24-25(31-21-9-3-2-8-20(21)30-24)33-38(35,36)18-7-4-6-16(14-18)29-26(34)22-10-5-13-28-22/h2-4,6-9,11-12,14-15,22,28H,5,10,13H2,1H3,(H,29,34)(H,30,32)(H,31,33). The number of carbonyl (C=O) groups excluding carboxylic acids is 1. The Morgan fingerprint density at radius 3 is 2.50 bits per heavy atom. The summed E-state index contributed by atoms with van der Waals surface area (Å²) in [7, 11) is -2.58. The fourth-order valence-corrected chi connectivity index (χ4v) is 5.30. The molecule has 5 rings (SSSR count). The van der Waals surface area contributed by atoms with Gasteiger partial charge < -0.3 is 20.7 Å². The van der Waals surface area contributed by atoms with E-state index in [1.54, 1.807) is 48.5 Å². The molecule has 1 saturated heterocycles. The number of fused-ring (bicyclic) bond motifs is 1. The lowest BCUT2D eigenvalue weighted by molar-refractivity contribution is -0.117. The number of nitrogens with zero attached hydrogens (tertiary/aromatic N) is 2. The zero-order chi connectivity index (χ0) is 26.7. The van der Waals surface area contributed by atoms with Crippen LogP contribution in [0.5, 0.6) is 5.75 Å². The maximum Gasteiger partial charge on any atom is 0.263 e. The third-order valence-electron chi connectivity index (χ3n) is 6.02. The Morgan fingerprint density at radius 1 is 1.03 bits per heavy atom. The van der Waals surface area contributed by atoms with Crippen LogP contribution in [0.15, 0.2) is 71.6 Å². The maximum atomic E-state index is 13.4. The van der Waals surface area contributed by atoms with Crippen molar-refractivity contribution in [2.75, 3.05) is 29.0 Å². The van der Waals surface area contributed by atoms with Crippen LogP contribution in [-0.2, 0) is 14.8 Å². The predicted octanol–water partition coefficient (Wildman–Crippen LogP) is 4.53. The van der Waals surface area contributed by atoms with Crippen LogP contribution in [-0.4, -0.2) is 44.0 Å². The van der Waals surface area contributed by atoms with Gasteiger partial charge in [-0.15, -0.1) is 0 Å². The lowest BCUT2D eigenvalue weighted by Gasteiger charge is -2.16. The van der Waals surface area contributed by atoms with E-state index in [1.165, 1.54) is 19.2 Å². The molecular weight excluding hydrogens is 528 g/mol. The van der Waals surface area contributed by atoms with E-state index >= 15 is 0 Å². The van der Waals surface area contributed by atoms with Crippen LogP contribution in [0.25, 0.3) is 11.0 Å². The SMILES string of the molecule is COc1ccc(Cl)c(Nc2nc3ccccc3nc2NS(=O)(=O)c2cccc(NC(=O)C3CCCN3)c2)c1.